The fourth-order valence-electron chi connectivity index (χ4n) is 4.65. The zero-order valence-corrected chi connectivity index (χ0v) is 14.7. The molecule has 1 aromatic carbocycles. The Bertz CT molecular complexity index is 652. The summed E-state index contributed by atoms with van der Waals surface area (Å²) in [5.41, 5.74) is 0.641. The number of methoxy groups -OCH3 is 1. The normalized spacial score (nSPS) is 32.0. The summed E-state index contributed by atoms with van der Waals surface area (Å²) in [4.78, 5) is 17.0. The number of benzene rings is 1. The van der Waals surface area contributed by atoms with Crippen molar-refractivity contribution >= 4 is 11.6 Å². The number of hydrogen-bond acceptors (Lipinski definition) is 5. The van der Waals surface area contributed by atoms with Crippen LogP contribution in [-0.4, -0.2) is 67.0 Å². The van der Waals surface area contributed by atoms with Crippen LogP contribution < -0.4 is 9.64 Å². The second-order valence-electron chi connectivity index (χ2n) is 7.29. The van der Waals surface area contributed by atoms with Crippen LogP contribution in [0, 0.1) is 0 Å². The van der Waals surface area contributed by atoms with Gasteiger partial charge >= 0.3 is 0 Å². The third kappa shape index (κ3) is 2.92. The number of hydrogen-bond donors (Lipinski definition) is 1. The minimum Gasteiger partial charge on any atom is -0.490 e. The number of rotatable bonds is 3. The highest BCUT2D eigenvalue weighted by Gasteiger charge is 2.51. The highest BCUT2D eigenvalue weighted by molar-refractivity contribution is 5.96. The lowest BCUT2D eigenvalue weighted by Gasteiger charge is -2.42. The number of anilines is 1. The van der Waals surface area contributed by atoms with Crippen molar-refractivity contribution in [2.75, 3.05) is 38.3 Å². The summed E-state index contributed by atoms with van der Waals surface area (Å²) < 4.78 is 11.5. The lowest BCUT2D eigenvalue weighted by atomic mass is 9.79. The number of nitrogens with zero attached hydrogens (tertiary/aromatic N) is 2. The van der Waals surface area contributed by atoms with E-state index >= 15 is 0 Å². The fourth-order valence-corrected chi connectivity index (χ4v) is 4.65. The number of aliphatic hydroxyl groups excluding tert-OH is 1. The van der Waals surface area contributed by atoms with Gasteiger partial charge in [0.2, 0.25) is 5.91 Å². The number of aliphatic hydroxyl groups is 1. The van der Waals surface area contributed by atoms with Crippen molar-refractivity contribution in [2.24, 2.45) is 0 Å². The molecule has 0 unspecified atom stereocenters. The molecule has 2 fully saturated rings. The summed E-state index contributed by atoms with van der Waals surface area (Å²) in [6.45, 7) is 2.29. The van der Waals surface area contributed by atoms with Gasteiger partial charge in [0.15, 0.2) is 0 Å². The first kappa shape index (κ1) is 16.8. The number of carbonyl (C=O) groups excluding carboxylic acids is 1. The molecule has 1 saturated carbocycles. The second kappa shape index (κ2) is 6.59. The van der Waals surface area contributed by atoms with Gasteiger partial charge < -0.3 is 19.5 Å². The monoisotopic (exact) mass is 346 g/mol. The number of likely N-dealkylation sites (tertiary alicyclic amines) is 1. The van der Waals surface area contributed by atoms with Gasteiger partial charge in [-0.15, -0.1) is 0 Å². The van der Waals surface area contributed by atoms with Crippen LogP contribution in [-0.2, 0) is 9.53 Å². The molecule has 136 valence electrons. The predicted octanol–water partition coefficient (Wildman–Crippen LogP) is 1.42. The molecule has 4 rings (SSSR count). The summed E-state index contributed by atoms with van der Waals surface area (Å²) in [5, 5.41) is 10.1. The van der Waals surface area contributed by atoms with Crippen LogP contribution >= 0.6 is 0 Å². The van der Waals surface area contributed by atoms with Crippen LogP contribution in [0.2, 0.25) is 0 Å². The first-order valence-corrected chi connectivity index (χ1v) is 9.12. The minimum atomic E-state index is -0.298. The quantitative estimate of drug-likeness (QED) is 0.897. The molecule has 25 heavy (non-hydrogen) atoms. The van der Waals surface area contributed by atoms with E-state index in [4.69, 9.17) is 9.47 Å². The molecule has 1 aliphatic carbocycles. The Morgan fingerprint density at radius 3 is 3.04 bits per heavy atom. The van der Waals surface area contributed by atoms with Gasteiger partial charge in [-0.1, -0.05) is 12.1 Å². The van der Waals surface area contributed by atoms with Crippen molar-refractivity contribution < 1.29 is 19.4 Å². The van der Waals surface area contributed by atoms with E-state index in [9.17, 15) is 9.90 Å². The van der Waals surface area contributed by atoms with E-state index in [-0.39, 0.29) is 23.7 Å². The van der Waals surface area contributed by atoms with Crippen molar-refractivity contribution in [1.82, 2.24) is 4.90 Å². The van der Waals surface area contributed by atoms with Crippen molar-refractivity contribution in [3.63, 3.8) is 0 Å². The third-order valence-corrected chi connectivity index (χ3v) is 6.04. The Labute approximate surface area is 148 Å². The molecule has 0 bridgehead atoms. The predicted molar refractivity (Wildman–Crippen MR) is 93.9 cm³/mol. The summed E-state index contributed by atoms with van der Waals surface area (Å²) in [7, 11) is 1.76. The zero-order valence-electron chi connectivity index (χ0n) is 14.7. The second-order valence-corrected chi connectivity index (χ2v) is 7.29. The Morgan fingerprint density at radius 2 is 2.20 bits per heavy atom. The highest BCUT2D eigenvalue weighted by atomic mass is 16.5. The molecule has 3 aliphatic rings. The number of ether oxygens (including phenoxy) is 2. The van der Waals surface area contributed by atoms with E-state index in [1.54, 1.807) is 7.11 Å². The maximum Gasteiger partial charge on any atom is 0.241 e. The molecular weight excluding hydrogens is 320 g/mol. The zero-order chi connectivity index (χ0) is 17.4. The highest BCUT2D eigenvalue weighted by Crippen LogP contribution is 2.42. The SMILES string of the molecule is CO[C@@]12CC[C@@H](O)C[C@@H]1N(CC(=O)N1CCOc3ccccc31)CC2. The summed E-state index contributed by atoms with van der Waals surface area (Å²) in [6.07, 6.45) is 2.95. The van der Waals surface area contributed by atoms with Gasteiger partial charge in [-0.3, -0.25) is 9.69 Å². The van der Waals surface area contributed by atoms with Crippen LogP contribution in [0.15, 0.2) is 24.3 Å². The van der Waals surface area contributed by atoms with E-state index < -0.39 is 0 Å². The molecule has 0 radical (unpaired) electrons. The van der Waals surface area contributed by atoms with E-state index in [0.29, 0.717) is 26.1 Å². The Hall–Kier alpha value is -1.63. The molecule has 1 N–H and O–H groups in total. The van der Waals surface area contributed by atoms with Gasteiger partial charge in [-0.25, -0.2) is 0 Å². The lowest BCUT2D eigenvalue weighted by molar-refractivity contribution is -0.123. The van der Waals surface area contributed by atoms with Crippen LogP contribution in [0.25, 0.3) is 0 Å². The number of fused-ring (bicyclic) bond motifs is 2. The van der Waals surface area contributed by atoms with Crippen molar-refractivity contribution in [3.8, 4) is 5.75 Å². The topological polar surface area (TPSA) is 62.2 Å². The first-order chi connectivity index (χ1) is 12.1. The van der Waals surface area contributed by atoms with Gasteiger partial charge in [0.1, 0.15) is 12.4 Å². The van der Waals surface area contributed by atoms with Gasteiger partial charge in [-0.2, -0.15) is 0 Å². The van der Waals surface area contributed by atoms with Gasteiger partial charge in [-0.05, 0) is 37.8 Å². The number of carbonyl (C=O) groups is 1. The molecule has 3 atom stereocenters. The van der Waals surface area contributed by atoms with Crippen LogP contribution in [0.1, 0.15) is 25.7 Å². The molecule has 6 nitrogen and oxygen atoms in total. The molecule has 2 heterocycles. The summed E-state index contributed by atoms with van der Waals surface area (Å²) in [5.74, 6) is 0.852. The van der Waals surface area contributed by atoms with Crippen LogP contribution in [0.3, 0.4) is 0 Å². The Morgan fingerprint density at radius 1 is 1.36 bits per heavy atom. The molecule has 1 aromatic rings. The molecule has 0 aromatic heterocycles. The van der Waals surface area contributed by atoms with Crippen molar-refractivity contribution in [2.45, 2.75) is 43.4 Å². The van der Waals surface area contributed by atoms with E-state index in [1.807, 2.05) is 29.2 Å². The standard InChI is InChI=1S/C19H26N2O4/c1-24-19-7-6-14(22)12-17(19)20(9-8-19)13-18(23)21-10-11-25-16-5-3-2-4-15(16)21/h2-5,14,17,22H,6-13H2,1H3/t14-,17+,19-/m1/s1. The molecule has 0 spiro atoms. The summed E-state index contributed by atoms with van der Waals surface area (Å²) >= 11 is 0. The minimum absolute atomic E-state index is 0.0858. The molecule has 1 amide bonds. The average molecular weight is 346 g/mol. The maximum atomic E-state index is 13.0. The van der Waals surface area contributed by atoms with Crippen molar-refractivity contribution in [3.05, 3.63) is 24.3 Å². The number of amides is 1. The first-order valence-electron chi connectivity index (χ1n) is 9.12. The van der Waals surface area contributed by atoms with Crippen molar-refractivity contribution in [1.29, 1.82) is 0 Å². The number of para-hydroxylation sites is 2. The lowest BCUT2D eigenvalue weighted by Crippen LogP contribution is -2.53. The molecular formula is C19H26N2O4. The molecule has 6 heteroatoms. The smallest absolute Gasteiger partial charge is 0.241 e. The molecule has 1 saturated heterocycles. The van der Waals surface area contributed by atoms with Gasteiger partial charge in [0, 0.05) is 19.7 Å². The average Bonchev–Trinajstić information content (AvgIpc) is 2.99. The van der Waals surface area contributed by atoms with E-state index in [1.165, 1.54) is 0 Å². The van der Waals surface area contributed by atoms with Crippen LogP contribution in [0.4, 0.5) is 5.69 Å². The van der Waals surface area contributed by atoms with Gasteiger partial charge in [0.25, 0.3) is 0 Å². The summed E-state index contributed by atoms with van der Waals surface area (Å²) in [6, 6.07) is 7.79. The molecule has 2 aliphatic heterocycles. The third-order valence-electron chi connectivity index (χ3n) is 6.04. The van der Waals surface area contributed by atoms with E-state index in [2.05, 4.69) is 4.90 Å². The van der Waals surface area contributed by atoms with E-state index in [0.717, 1.165) is 37.2 Å². The Balaban J connectivity index is 1.50. The fraction of sp³-hybridized carbons (Fsp3) is 0.632. The Kier molecular flexibility index (Phi) is 4.43. The van der Waals surface area contributed by atoms with Crippen LogP contribution in [0.5, 0.6) is 5.75 Å². The van der Waals surface area contributed by atoms with Gasteiger partial charge in [0.05, 0.1) is 30.5 Å². The largest absolute Gasteiger partial charge is 0.490 e. The maximum absolute atomic E-state index is 13.0.